The maximum Gasteiger partial charge on any atom is 0.319 e. The minimum absolute atomic E-state index is 0.0156. The lowest BCUT2D eigenvalue weighted by Gasteiger charge is -2.32. The molecule has 7 heterocycles. The fourth-order valence-electron chi connectivity index (χ4n) is 8.92. The fourth-order valence-corrected chi connectivity index (χ4v) is 10.2. The van der Waals surface area contributed by atoms with E-state index in [1.165, 1.54) is 12.1 Å². The Morgan fingerprint density at radius 1 is 1.15 bits per heavy atom. The van der Waals surface area contributed by atoms with E-state index in [-0.39, 0.29) is 84.6 Å². The third-order valence-corrected chi connectivity index (χ3v) is 12.7. The topological polar surface area (TPSA) is 130 Å². The van der Waals surface area contributed by atoms with E-state index < -0.39 is 29.4 Å². The van der Waals surface area contributed by atoms with Crippen molar-refractivity contribution in [2.75, 3.05) is 63.2 Å². The first-order chi connectivity index (χ1) is 25.2. The second-order valence-corrected chi connectivity index (χ2v) is 15.7. The Hall–Kier alpha value is -4.10. The second-order valence-electron chi connectivity index (χ2n) is 14.3. The number of likely N-dealkylation sites (tertiary alicyclic amines) is 1. The molecule has 0 bridgehead atoms. The summed E-state index contributed by atoms with van der Waals surface area (Å²) in [5, 5.41) is 10.4. The molecule has 0 aliphatic carbocycles. The zero-order chi connectivity index (χ0) is 35.9. The lowest BCUT2D eigenvalue weighted by Crippen LogP contribution is -2.44. The first-order valence-corrected chi connectivity index (χ1v) is 18.8. The van der Waals surface area contributed by atoms with Gasteiger partial charge in [0.1, 0.15) is 53.7 Å². The summed E-state index contributed by atoms with van der Waals surface area (Å²) in [5.41, 5.74) is 5.52. The number of rotatable bonds is 6. The second kappa shape index (κ2) is 12.8. The summed E-state index contributed by atoms with van der Waals surface area (Å²) in [6.07, 6.45) is 2.74. The number of hydrogen-bond donors (Lipinski definition) is 1. The monoisotopic (exact) mass is 753 g/mol. The Morgan fingerprint density at radius 3 is 2.83 bits per heavy atom. The van der Waals surface area contributed by atoms with Gasteiger partial charge in [-0.2, -0.15) is 15.2 Å². The van der Waals surface area contributed by atoms with Crippen LogP contribution in [0, 0.1) is 23.0 Å². The summed E-state index contributed by atoms with van der Waals surface area (Å²) >= 11 is 7.97. The molecule has 2 unspecified atom stereocenters. The highest BCUT2D eigenvalue weighted by Gasteiger charge is 2.49. The summed E-state index contributed by atoms with van der Waals surface area (Å²) < 4.78 is 65.4. The zero-order valence-electron chi connectivity index (χ0n) is 28.1. The number of nitrogen functional groups attached to an aromatic ring is 1. The van der Waals surface area contributed by atoms with Crippen LogP contribution in [0.1, 0.15) is 44.1 Å². The summed E-state index contributed by atoms with van der Waals surface area (Å²) in [5.74, 6) is -1.00. The normalized spacial score (nSPS) is 25.9. The van der Waals surface area contributed by atoms with Gasteiger partial charge < -0.3 is 29.7 Å². The summed E-state index contributed by atoms with van der Waals surface area (Å²) in [6.45, 7) is 3.20. The van der Waals surface area contributed by atoms with Crippen LogP contribution < -0.4 is 20.1 Å². The van der Waals surface area contributed by atoms with Gasteiger partial charge >= 0.3 is 6.01 Å². The number of nitrogens with zero attached hydrogens (tertiary/aromatic N) is 6. The minimum Gasteiger partial charge on any atom is -0.489 e. The Morgan fingerprint density at radius 2 is 2.02 bits per heavy atom. The van der Waals surface area contributed by atoms with Crippen LogP contribution in [0.2, 0.25) is 5.02 Å². The number of halogens is 4. The van der Waals surface area contributed by atoms with Crippen molar-refractivity contribution in [3.63, 3.8) is 0 Å². The largest absolute Gasteiger partial charge is 0.489 e. The van der Waals surface area contributed by atoms with Crippen molar-refractivity contribution in [1.29, 1.82) is 5.26 Å². The fraction of sp³-hybridized carbons (Fsp3) is 0.500. The molecule has 272 valence electrons. The molecule has 11 nitrogen and oxygen atoms in total. The summed E-state index contributed by atoms with van der Waals surface area (Å²) in [6, 6.07) is 4.30. The van der Waals surface area contributed by atoms with Gasteiger partial charge in [0.05, 0.1) is 32.8 Å². The number of aromatic nitrogens is 2. The molecule has 5 aliphatic rings. The Labute approximate surface area is 306 Å². The van der Waals surface area contributed by atoms with Gasteiger partial charge in [-0.25, -0.2) is 13.2 Å². The predicted octanol–water partition coefficient (Wildman–Crippen LogP) is 5.83. The third-order valence-electron chi connectivity index (χ3n) is 11.3. The minimum atomic E-state index is -0.969. The van der Waals surface area contributed by atoms with Crippen LogP contribution in [0.15, 0.2) is 12.1 Å². The highest BCUT2D eigenvalue weighted by molar-refractivity contribution is 7.23. The molecule has 2 aromatic heterocycles. The first kappa shape index (κ1) is 33.7. The quantitative estimate of drug-likeness (QED) is 0.257. The number of benzene rings is 2. The number of nitrogens with two attached hydrogens (primary N) is 1. The lowest BCUT2D eigenvalue weighted by molar-refractivity contribution is -0.139. The maximum absolute atomic E-state index is 17.3. The average molecular weight is 754 g/mol. The van der Waals surface area contributed by atoms with Gasteiger partial charge in [0, 0.05) is 49.7 Å². The maximum atomic E-state index is 17.3. The number of nitriles is 1. The van der Waals surface area contributed by atoms with Crippen molar-refractivity contribution in [3.8, 4) is 29.0 Å². The number of fused-ring (bicyclic) bond motifs is 2. The highest BCUT2D eigenvalue weighted by Crippen LogP contribution is 2.51. The SMILES string of the molecule is N#Cc1c(N)sc2c(F)ccc(-c3c(Cl)c4c5c(nc(OC[C@@]67CCCN6C[C@H](F)C7)nc5c3F)N(C3CCN(C(=O)C5CCCO5)C3)CCO4)c12. The van der Waals surface area contributed by atoms with Crippen molar-refractivity contribution < 1.29 is 32.2 Å². The zero-order valence-corrected chi connectivity index (χ0v) is 29.7. The van der Waals surface area contributed by atoms with Crippen LogP contribution >= 0.6 is 22.9 Å². The Bertz CT molecular complexity index is 2180. The summed E-state index contributed by atoms with van der Waals surface area (Å²) in [7, 11) is 0. The van der Waals surface area contributed by atoms with Crippen LogP contribution in [0.3, 0.4) is 0 Å². The molecule has 2 aromatic carbocycles. The standard InChI is InChI=1S/C36H35ClF3N7O4S/c37-27-25(20-4-5-22(39)31-24(20)21(14-41)32(42)52-31)28(40)29-26-30(27)50-12-10-47(19-6-9-45(16-19)34(48)23-3-1-11-49-23)33(26)44-35(43-29)51-17-36-7-2-8-46(36)15-18(38)13-36/h4-5,18-19,23H,1-3,6-13,15-17,42H2/t18-,19?,23?,36+/m1/s1. The number of alkyl halides is 1. The van der Waals surface area contributed by atoms with E-state index in [0.717, 1.165) is 37.1 Å². The van der Waals surface area contributed by atoms with Gasteiger partial charge in [-0.1, -0.05) is 17.7 Å². The number of amides is 1. The van der Waals surface area contributed by atoms with Crippen LogP contribution in [0.4, 0.5) is 24.0 Å². The molecule has 16 heteroatoms. The van der Waals surface area contributed by atoms with Crippen LogP contribution in [-0.4, -0.2) is 102 Å². The molecule has 4 fully saturated rings. The number of hydrogen-bond acceptors (Lipinski definition) is 11. The molecule has 52 heavy (non-hydrogen) atoms. The number of thiophene rings is 1. The molecule has 4 saturated heterocycles. The first-order valence-electron chi connectivity index (χ1n) is 17.6. The van der Waals surface area contributed by atoms with Gasteiger partial charge in [-0.15, -0.1) is 11.3 Å². The van der Waals surface area contributed by atoms with Crippen molar-refractivity contribution >= 4 is 60.7 Å². The molecular formula is C36H35ClF3N7O4S. The number of anilines is 2. The lowest BCUT2D eigenvalue weighted by atomic mass is 9.95. The van der Waals surface area contributed by atoms with E-state index in [0.29, 0.717) is 57.9 Å². The van der Waals surface area contributed by atoms with Gasteiger partial charge in [0.15, 0.2) is 11.6 Å². The molecule has 5 aliphatic heterocycles. The van der Waals surface area contributed by atoms with E-state index in [2.05, 4.69) is 9.88 Å². The van der Waals surface area contributed by atoms with Crippen molar-refractivity contribution in [2.45, 2.75) is 62.4 Å². The van der Waals surface area contributed by atoms with Crippen molar-refractivity contribution in [3.05, 3.63) is 34.4 Å². The number of ether oxygens (including phenoxy) is 3. The smallest absolute Gasteiger partial charge is 0.319 e. The molecule has 9 rings (SSSR count). The van der Waals surface area contributed by atoms with Gasteiger partial charge in [0.2, 0.25) is 0 Å². The third kappa shape index (κ3) is 5.24. The van der Waals surface area contributed by atoms with Crippen molar-refractivity contribution in [2.24, 2.45) is 0 Å². The Balaban J connectivity index is 1.19. The van der Waals surface area contributed by atoms with Gasteiger partial charge in [-0.05, 0) is 50.3 Å². The molecule has 4 atom stereocenters. The van der Waals surface area contributed by atoms with Crippen LogP contribution in [-0.2, 0) is 9.53 Å². The molecule has 2 N–H and O–H groups in total. The Kier molecular flexibility index (Phi) is 8.29. The van der Waals surface area contributed by atoms with Crippen LogP contribution in [0.25, 0.3) is 32.1 Å². The molecule has 4 aromatic rings. The molecular weight excluding hydrogens is 719 g/mol. The number of carbonyl (C=O) groups excluding carboxylic acids is 1. The van der Waals surface area contributed by atoms with Crippen LogP contribution in [0.5, 0.6) is 11.8 Å². The molecule has 0 spiro atoms. The molecule has 1 amide bonds. The number of carbonyl (C=O) groups is 1. The average Bonchev–Trinajstić information content (AvgIpc) is 3.96. The van der Waals surface area contributed by atoms with Gasteiger partial charge in [-0.3, -0.25) is 9.69 Å². The van der Waals surface area contributed by atoms with Gasteiger partial charge in [0.25, 0.3) is 5.91 Å². The van der Waals surface area contributed by atoms with Crippen molar-refractivity contribution in [1.82, 2.24) is 19.8 Å². The van der Waals surface area contributed by atoms with E-state index >= 15 is 8.78 Å². The van der Waals surface area contributed by atoms with E-state index in [4.69, 9.17) is 36.5 Å². The molecule has 0 radical (unpaired) electrons. The van der Waals surface area contributed by atoms with E-state index in [1.807, 2.05) is 11.0 Å². The predicted molar refractivity (Wildman–Crippen MR) is 190 cm³/mol. The highest BCUT2D eigenvalue weighted by atomic mass is 35.5. The molecule has 0 saturated carbocycles. The summed E-state index contributed by atoms with van der Waals surface area (Å²) in [4.78, 5) is 28.7. The van der Waals surface area contributed by atoms with E-state index in [9.17, 15) is 14.4 Å². The van der Waals surface area contributed by atoms with E-state index in [1.54, 1.807) is 4.90 Å².